The Morgan fingerprint density at radius 1 is 1.29 bits per heavy atom. The molecule has 0 aromatic heterocycles. The second-order valence-electron chi connectivity index (χ2n) is 4.14. The standard InChI is InChI=1S/C14H16F3NO3/c1-3-8-18(10-14(15,16)17)13(19)9-21-12-6-4-11(20-2)5-7-12/h3-7H,1,8-10H2,2H3. The number of ether oxygens (including phenoxy) is 2. The van der Waals surface area contributed by atoms with Crippen molar-refractivity contribution in [3.63, 3.8) is 0 Å². The van der Waals surface area contributed by atoms with E-state index < -0.39 is 25.2 Å². The van der Waals surface area contributed by atoms with Crippen LogP contribution in [-0.4, -0.2) is 43.8 Å². The fourth-order valence-corrected chi connectivity index (χ4v) is 1.54. The van der Waals surface area contributed by atoms with Crippen molar-refractivity contribution >= 4 is 5.91 Å². The normalized spacial score (nSPS) is 10.9. The number of hydrogen-bond donors (Lipinski definition) is 0. The van der Waals surface area contributed by atoms with E-state index in [0.717, 1.165) is 0 Å². The van der Waals surface area contributed by atoms with Gasteiger partial charge in [0.05, 0.1) is 7.11 Å². The quantitative estimate of drug-likeness (QED) is 0.727. The van der Waals surface area contributed by atoms with Gasteiger partial charge in [0.15, 0.2) is 6.61 Å². The fraction of sp³-hybridized carbons (Fsp3) is 0.357. The number of carbonyl (C=O) groups is 1. The molecule has 0 heterocycles. The van der Waals surface area contributed by atoms with Gasteiger partial charge in [0.25, 0.3) is 5.91 Å². The van der Waals surface area contributed by atoms with Crippen molar-refractivity contribution in [2.24, 2.45) is 0 Å². The van der Waals surface area contributed by atoms with Crippen molar-refractivity contribution in [3.8, 4) is 11.5 Å². The first-order valence-electron chi connectivity index (χ1n) is 6.08. The molecule has 1 rings (SSSR count). The summed E-state index contributed by atoms with van der Waals surface area (Å²) in [4.78, 5) is 12.4. The molecular formula is C14H16F3NO3. The van der Waals surface area contributed by atoms with E-state index in [4.69, 9.17) is 9.47 Å². The van der Waals surface area contributed by atoms with Crippen LogP contribution in [0.25, 0.3) is 0 Å². The number of carbonyl (C=O) groups excluding carboxylic acids is 1. The average Bonchev–Trinajstić information content (AvgIpc) is 2.43. The van der Waals surface area contributed by atoms with Gasteiger partial charge in [-0.1, -0.05) is 6.08 Å². The minimum atomic E-state index is -4.46. The lowest BCUT2D eigenvalue weighted by molar-refractivity contribution is -0.161. The second-order valence-corrected chi connectivity index (χ2v) is 4.14. The van der Waals surface area contributed by atoms with Crippen molar-refractivity contribution in [1.82, 2.24) is 4.90 Å². The van der Waals surface area contributed by atoms with Crippen LogP contribution in [-0.2, 0) is 4.79 Å². The third kappa shape index (κ3) is 6.20. The minimum absolute atomic E-state index is 0.190. The Bertz CT molecular complexity index is 471. The van der Waals surface area contributed by atoms with Gasteiger partial charge in [-0.25, -0.2) is 0 Å². The highest BCUT2D eigenvalue weighted by Crippen LogP contribution is 2.18. The molecule has 0 atom stereocenters. The average molecular weight is 303 g/mol. The minimum Gasteiger partial charge on any atom is -0.497 e. The van der Waals surface area contributed by atoms with E-state index in [1.165, 1.54) is 13.2 Å². The molecule has 116 valence electrons. The molecule has 0 saturated heterocycles. The Balaban J connectivity index is 2.57. The third-order valence-electron chi connectivity index (χ3n) is 2.49. The zero-order valence-corrected chi connectivity index (χ0v) is 11.5. The summed E-state index contributed by atoms with van der Waals surface area (Å²) < 4.78 is 47.2. The summed E-state index contributed by atoms with van der Waals surface area (Å²) in [5, 5.41) is 0. The van der Waals surface area contributed by atoms with Crippen LogP contribution in [0.2, 0.25) is 0 Å². The number of benzene rings is 1. The first-order valence-corrected chi connectivity index (χ1v) is 6.08. The van der Waals surface area contributed by atoms with Crippen LogP contribution < -0.4 is 9.47 Å². The van der Waals surface area contributed by atoms with Gasteiger partial charge in [0, 0.05) is 6.54 Å². The molecule has 0 N–H and O–H groups in total. The topological polar surface area (TPSA) is 38.8 Å². The van der Waals surface area contributed by atoms with Crippen LogP contribution >= 0.6 is 0 Å². The van der Waals surface area contributed by atoms with Gasteiger partial charge >= 0.3 is 6.18 Å². The highest BCUT2D eigenvalue weighted by Gasteiger charge is 2.32. The van der Waals surface area contributed by atoms with Gasteiger partial charge in [0.2, 0.25) is 0 Å². The van der Waals surface area contributed by atoms with Gasteiger partial charge in [0.1, 0.15) is 18.0 Å². The highest BCUT2D eigenvalue weighted by atomic mass is 19.4. The van der Waals surface area contributed by atoms with Gasteiger partial charge in [-0.15, -0.1) is 6.58 Å². The Morgan fingerprint density at radius 2 is 1.86 bits per heavy atom. The molecule has 0 saturated carbocycles. The van der Waals surface area contributed by atoms with Crippen molar-refractivity contribution < 1.29 is 27.4 Å². The number of methoxy groups -OCH3 is 1. The molecule has 0 aliphatic rings. The summed E-state index contributed by atoms with van der Waals surface area (Å²) in [7, 11) is 1.50. The maximum absolute atomic E-state index is 12.4. The van der Waals surface area contributed by atoms with Crippen LogP contribution in [0.1, 0.15) is 0 Å². The van der Waals surface area contributed by atoms with Gasteiger partial charge in [-0.3, -0.25) is 4.79 Å². The predicted molar refractivity (Wildman–Crippen MR) is 71.3 cm³/mol. The Hall–Kier alpha value is -2.18. The summed E-state index contributed by atoms with van der Waals surface area (Å²) in [6, 6.07) is 6.37. The Morgan fingerprint density at radius 3 is 2.33 bits per heavy atom. The van der Waals surface area contributed by atoms with Crippen LogP contribution in [0, 0.1) is 0 Å². The van der Waals surface area contributed by atoms with Crippen molar-refractivity contribution in [2.45, 2.75) is 6.18 Å². The number of nitrogens with zero attached hydrogens (tertiary/aromatic N) is 1. The monoisotopic (exact) mass is 303 g/mol. The SMILES string of the molecule is C=CCN(CC(F)(F)F)C(=O)COc1ccc(OC)cc1. The third-order valence-corrected chi connectivity index (χ3v) is 2.49. The maximum atomic E-state index is 12.4. The molecule has 0 spiro atoms. The molecule has 0 aliphatic carbocycles. The molecule has 0 bridgehead atoms. The van der Waals surface area contributed by atoms with Crippen LogP contribution in [0.15, 0.2) is 36.9 Å². The number of alkyl halides is 3. The van der Waals surface area contributed by atoms with Gasteiger partial charge in [-0.2, -0.15) is 13.2 Å². The Kier molecular flexibility index (Phi) is 6.08. The van der Waals surface area contributed by atoms with Gasteiger partial charge in [-0.05, 0) is 24.3 Å². The molecule has 21 heavy (non-hydrogen) atoms. The lowest BCUT2D eigenvalue weighted by Crippen LogP contribution is -2.41. The molecular weight excluding hydrogens is 287 g/mol. The van der Waals surface area contributed by atoms with E-state index in [9.17, 15) is 18.0 Å². The first kappa shape index (κ1) is 16.9. The summed E-state index contributed by atoms with van der Waals surface area (Å²) in [5.74, 6) is 0.219. The van der Waals surface area contributed by atoms with Crippen LogP contribution in [0.5, 0.6) is 11.5 Å². The second kappa shape index (κ2) is 7.56. The van der Waals surface area contributed by atoms with E-state index >= 15 is 0 Å². The first-order chi connectivity index (χ1) is 9.85. The molecule has 0 aliphatic heterocycles. The molecule has 0 fully saturated rings. The van der Waals surface area contributed by atoms with Crippen LogP contribution in [0.4, 0.5) is 13.2 Å². The molecule has 4 nitrogen and oxygen atoms in total. The fourth-order valence-electron chi connectivity index (χ4n) is 1.54. The zero-order valence-electron chi connectivity index (χ0n) is 11.5. The lowest BCUT2D eigenvalue weighted by Gasteiger charge is -2.22. The highest BCUT2D eigenvalue weighted by molar-refractivity contribution is 5.78. The predicted octanol–water partition coefficient (Wildman–Crippen LogP) is 2.65. The van der Waals surface area contributed by atoms with Crippen molar-refractivity contribution in [2.75, 3.05) is 26.8 Å². The smallest absolute Gasteiger partial charge is 0.406 e. The zero-order chi connectivity index (χ0) is 15.9. The van der Waals surface area contributed by atoms with Crippen molar-refractivity contribution in [3.05, 3.63) is 36.9 Å². The molecule has 0 radical (unpaired) electrons. The summed E-state index contributed by atoms with van der Waals surface area (Å²) in [5.41, 5.74) is 0. The summed E-state index contributed by atoms with van der Waals surface area (Å²) in [6.07, 6.45) is -3.23. The largest absolute Gasteiger partial charge is 0.497 e. The number of amides is 1. The lowest BCUT2D eigenvalue weighted by atomic mass is 10.3. The molecule has 1 aromatic rings. The molecule has 0 unspecified atom stereocenters. The maximum Gasteiger partial charge on any atom is 0.406 e. The molecule has 1 amide bonds. The van der Waals surface area contributed by atoms with Crippen LogP contribution in [0.3, 0.4) is 0 Å². The Labute approximate surface area is 120 Å². The van der Waals surface area contributed by atoms with Gasteiger partial charge < -0.3 is 14.4 Å². The summed E-state index contributed by atoms with van der Waals surface area (Å²) in [6.45, 7) is 1.34. The molecule has 1 aromatic carbocycles. The van der Waals surface area contributed by atoms with E-state index in [0.29, 0.717) is 16.4 Å². The number of halogens is 3. The van der Waals surface area contributed by atoms with E-state index in [-0.39, 0.29) is 6.54 Å². The van der Waals surface area contributed by atoms with E-state index in [1.807, 2.05) is 0 Å². The number of rotatable bonds is 7. The molecule has 7 heteroatoms. The van der Waals surface area contributed by atoms with Crippen molar-refractivity contribution in [1.29, 1.82) is 0 Å². The van der Waals surface area contributed by atoms with E-state index in [1.54, 1.807) is 24.3 Å². The van der Waals surface area contributed by atoms with E-state index in [2.05, 4.69) is 6.58 Å². The summed E-state index contributed by atoms with van der Waals surface area (Å²) >= 11 is 0. The number of hydrogen-bond acceptors (Lipinski definition) is 3.